The Balaban J connectivity index is 1.27. The zero-order valence-corrected chi connectivity index (χ0v) is 21.7. The fraction of sp³-hybridized carbons (Fsp3) is 0.320. The Morgan fingerprint density at radius 2 is 1.85 bits per heavy atom. The summed E-state index contributed by atoms with van der Waals surface area (Å²) < 4.78 is 6.80. The van der Waals surface area contributed by atoms with Gasteiger partial charge >= 0.3 is 0 Å². The molecule has 0 unspecified atom stereocenters. The molecule has 0 aliphatic heterocycles. The highest BCUT2D eigenvalue weighted by molar-refractivity contribution is 8.00. The zero-order chi connectivity index (χ0) is 23.3. The molecule has 5 rings (SSSR count). The molecular weight excluding hydrogens is 506 g/mol. The zero-order valence-electron chi connectivity index (χ0n) is 18.5. The molecule has 1 saturated carbocycles. The van der Waals surface area contributed by atoms with E-state index < -0.39 is 0 Å². The first-order chi connectivity index (χ1) is 16.7. The van der Waals surface area contributed by atoms with Gasteiger partial charge in [-0.2, -0.15) is 11.8 Å². The van der Waals surface area contributed by atoms with Gasteiger partial charge < -0.3 is 4.42 Å². The number of nitrogens with one attached hydrogen (secondary N) is 1. The van der Waals surface area contributed by atoms with Crippen LogP contribution in [0, 0.1) is 0 Å². The number of aromatic nitrogens is 2. The average molecular weight is 530 g/mol. The van der Waals surface area contributed by atoms with Crippen molar-refractivity contribution in [2.75, 3.05) is 5.32 Å². The molecule has 0 radical (unpaired) electrons. The van der Waals surface area contributed by atoms with Gasteiger partial charge in [0.15, 0.2) is 10.1 Å². The van der Waals surface area contributed by atoms with Crippen molar-refractivity contribution in [1.29, 1.82) is 0 Å². The number of thioether (sulfide) groups is 2. The summed E-state index contributed by atoms with van der Waals surface area (Å²) in [6.07, 6.45) is 6.44. The predicted molar refractivity (Wildman–Crippen MR) is 143 cm³/mol. The SMILES string of the molecule is O=C(Nc1nnc(SCc2ccc(Cl)cc2)s1)c1oc2ccccc2c1CSC1CCCCC1. The smallest absolute Gasteiger partial charge is 0.293 e. The topological polar surface area (TPSA) is 68.0 Å². The number of amides is 1. The largest absolute Gasteiger partial charge is 0.451 e. The van der Waals surface area contributed by atoms with E-state index in [4.69, 9.17) is 16.0 Å². The Hall–Kier alpha value is -2.00. The van der Waals surface area contributed by atoms with Gasteiger partial charge in [0.1, 0.15) is 5.58 Å². The minimum absolute atomic E-state index is 0.277. The second kappa shape index (κ2) is 11.2. The molecule has 1 aliphatic rings. The van der Waals surface area contributed by atoms with Crippen LogP contribution < -0.4 is 5.32 Å². The lowest BCUT2D eigenvalue weighted by Crippen LogP contribution is -2.13. The van der Waals surface area contributed by atoms with Crippen LogP contribution in [0.1, 0.15) is 53.8 Å². The quantitative estimate of drug-likeness (QED) is 0.184. The average Bonchev–Trinajstić information content (AvgIpc) is 3.47. The van der Waals surface area contributed by atoms with E-state index in [-0.39, 0.29) is 5.91 Å². The number of halogens is 1. The van der Waals surface area contributed by atoms with Gasteiger partial charge in [0.25, 0.3) is 5.91 Å². The number of hydrogen-bond donors (Lipinski definition) is 1. The fourth-order valence-corrected chi connectivity index (χ4v) is 7.24. The third-order valence-corrected chi connectivity index (χ3v) is 9.52. The number of furan rings is 1. The Morgan fingerprint density at radius 1 is 1.06 bits per heavy atom. The molecule has 0 atom stereocenters. The fourth-order valence-electron chi connectivity index (χ4n) is 4.06. The van der Waals surface area contributed by atoms with Crippen molar-refractivity contribution in [3.63, 3.8) is 0 Å². The summed E-state index contributed by atoms with van der Waals surface area (Å²) in [5.41, 5.74) is 2.85. The van der Waals surface area contributed by atoms with Gasteiger partial charge in [-0.3, -0.25) is 10.1 Å². The highest BCUT2D eigenvalue weighted by Gasteiger charge is 2.23. The van der Waals surface area contributed by atoms with Gasteiger partial charge in [-0.15, -0.1) is 10.2 Å². The molecule has 176 valence electrons. The third kappa shape index (κ3) is 5.79. The molecule has 2 aromatic heterocycles. The maximum Gasteiger partial charge on any atom is 0.293 e. The molecule has 0 bridgehead atoms. The highest BCUT2D eigenvalue weighted by atomic mass is 35.5. The summed E-state index contributed by atoms with van der Waals surface area (Å²) in [5.74, 6) is 1.62. The number of fused-ring (bicyclic) bond motifs is 1. The van der Waals surface area contributed by atoms with Gasteiger partial charge in [-0.05, 0) is 36.6 Å². The van der Waals surface area contributed by atoms with E-state index >= 15 is 0 Å². The molecule has 1 fully saturated rings. The van der Waals surface area contributed by atoms with Crippen molar-refractivity contribution in [1.82, 2.24) is 10.2 Å². The summed E-state index contributed by atoms with van der Waals surface area (Å²) in [7, 11) is 0. The lowest BCUT2D eigenvalue weighted by atomic mass is 10.0. The predicted octanol–water partition coefficient (Wildman–Crippen LogP) is 8.05. The minimum Gasteiger partial charge on any atom is -0.451 e. The normalized spacial score (nSPS) is 14.5. The molecule has 1 aliphatic carbocycles. The van der Waals surface area contributed by atoms with E-state index in [1.54, 1.807) is 11.8 Å². The molecule has 1 N–H and O–H groups in total. The first-order valence-corrected chi connectivity index (χ1v) is 14.5. The summed E-state index contributed by atoms with van der Waals surface area (Å²) >= 11 is 10.8. The van der Waals surface area contributed by atoms with Gasteiger partial charge in [0, 0.05) is 32.7 Å². The standard InChI is InChI=1S/C25H24ClN3O2S3/c26-17-12-10-16(11-13-17)14-33-25-29-28-24(34-25)27-23(30)22-20(15-32-18-6-2-1-3-7-18)19-8-4-5-9-21(19)31-22/h4-5,8-13,18H,1-3,6-7,14-15H2,(H,27,28,30). The maximum atomic E-state index is 13.2. The number of anilines is 1. The van der Waals surface area contributed by atoms with Crippen LogP contribution in [0.15, 0.2) is 57.3 Å². The van der Waals surface area contributed by atoms with Crippen LogP contribution in [0.5, 0.6) is 0 Å². The third-order valence-electron chi connectivity index (χ3n) is 5.82. The van der Waals surface area contributed by atoms with E-state index in [9.17, 15) is 4.79 Å². The summed E-state index contributed by atoms with van der Waals surface area (Å²) in [4.78, 5) is 13.2. The van der Waals surface area contributed by atoms with Crippen molar-refractivity contribution in [2.45, 2.75) is 53.2 Å². The highest BCUT2D eigenvalue weighted by Crippen LogP contribution is 2.36. The van der Waals surface area contributed by atoms with Crippen molar-refractivity contribution < 1.29 is 9.21 Å². The lowest BCUT2D eigenvalue weighted by molar-refractivity contribution is 0.0997. The van der Waals surface area contributed by atoms with E-state index in [1.165, 1.54) is 43.4 Å². The summed E-state index contributed by atoms with van der Waals surface area (Å²) in [6, 6.07) is 15.6. The van der Waals surface area contributed by atoms with Gasteiger partial charge in [0.05, 0.1) is 0 Å². The van der Waals surface area contributed by atoms with Crippen LogP contribution in [-0.4, -0.2) is 21.4 Å². The molecule has 2 aromatic carbocycles. The monoisotopic (exact) mass is 529 g/mol. The van der Waals surface area contributed by atoms with Crippen LogP contribution in [0.3, 0.4) is 0 Å². The molecule has 1 amide bonds. The number of nitrogens with zero attached hydrogens (tertiary/aromatic N) is 2. The first-order valence-electron chi connectivity index (χ1n) is 11.3. The van der Waals surface area contributed by atoms with Crippen molar-refractivity contribution in [3.8, 4) is 0 Å². The number of hydrogen-bond acceptors (Lipinski definition) is 7. The molecule has 4 aromatic rings. The van der Waals surface area contributed by atoms with Crippen molar-refractivity contribution in [3.05, 3.63) is 70.4 Å². The molecule has 9 heteroatoms. The molecule has 0 spiro atoms. The Bertz CT molecular complexity index is 1270. The molecule has 2 heterocycles. The van der Waals surface area contributed by atoms with E-state index in [0.29, 0.717) is 16.1 Å². The maximum absolute atomic E-state index is 13.2. The first kappa shape index (κ1) is 23.7. The number of benzene rings is 2. The number of rotatable bonds is 8. The van der Waals surface area contributed by atoms with Gasteiger partial charge in [-0.1, -0.05) is 84.3 Å². The van der Waals surface area contributed by atoms with Crippen LogP contribution in [0.25, 0.3) is 11.0 Å². The van der Waals surface area contributed by atoms with Gasteiger partial charge in [0.2, 0.25) is 5.13 Å². The van der Waals surface area contributed by atoms with Crippen LogP contribution in [0.4, 0.5) is 5.13 Å². The molecular formula is C25H24ClN3O2S3. The van der Waals surface area contributed by atoms with E-state index in [2.05, 4.69) is 15.5 Å². The van der Waals surface area contributed by atoms with E-state index in [1.807, 2.05) is 60.3 Å². The van der Waals surface area contributed by atoms with E-state index in [0.717, 1.165) is 43.0 Å². The second-order valence-corrected chi connectivity index (χ2v) is 12.1. The number of carbonyl (C=O) groups excluding carboxylic acids is 1. The molecule has 5 nitrogen and oxygen atoms in total. The Kier molecular flexibility index (Phi) is 7.79. The molecule has 0 saturated heterocycles. The van der Waals surface area contributed by atoms with Gasteiger partial charge in [-0.25, -0.2) is 0 Å². The summed E-state index contributed by atoms with van der Waals surface area (Å²) in [5, 5.41) is 14.1. The van der Waals surface area contributed by atoms with Crippen LogP contribution >= 0.6 is 46.5 Å². The Morgan fingerprint density at radius 3 is 2.68 bits per heavy atom. The van der Waals surface area contributed by atoms with Crippen LogP contribution in [0.2, 0.25) is 5.02 Å². The van der Waals surface area contributed by atoms with Crippen LogP contribution in [-0.2, 0) is 11.5 Å². The number of para-hydroxylation sites is 1. The minimum atomic E-state index is -0.277. The lowest BCUT2D eigenvalue weighted by Gasteiger charge is -2.20. The van der Waals surface area contributed by atoms with Crippen molar-refractivity contribution in [2.24, 2.45) is 0 Å². The molecule has 34 heavy (non-hydrogen) atoms. The number of carbonyl (C=O) groups is 1. The summed E-state index contributed by atoms with van der Waals surface area (Å²) in [6.45, 7) is 0. The second-order valence-electron chi connectivity index (χ2n) is 8.22. The Labute approximate surface area is 216 Å². The van der Waals surface area contributed by atoms with Crippen molar-refractivity contribution >= 4 is 68.5 Å².